The van der Waals surface area contributed by atoms with Crippen molar-refractivity contribution in [1.29, 1.82) is 0 Å². The number of nitrogens with one attached hydrogen (secondary N) is 1. The van der Waals surface area contributed by atoms with Crippen LogP contribution in [0, 0.1) is 0 Å². The number of rotatable bonds is 4. The normalized spacial score (nSPS) is 35.9. The molecule has 0 spiro atoms. The van der Waals surface area contributed by atoms with Gasteiger partial charge < -0.3 is 25.7 Å². The van der Waals surface area contributed by atoms with E-state index in [1.807, 2.05) is 0 Å². The maximum atomic E-state index is 10.7. The summed E-state index contributed by atoms with van der Waals surface area (Å²) >= 11 is 0. The van der Waals surface area contributed by atoms with E-state index >= 15 is 0 Å². The van der Waals surface area contributed by atoms with Gasteiger partial charge in [-0.05, 0) is 7.05 Å². The van der Waals surface area contributed by atoms with Crippen LogP contribution in [0.5, 0.6) is 0 Å². The summed E-state index contributed by atoms with van der Waals surface area (Å²) in [5.41, 5.74) is 0. The minimum absolute atomic E-state index is 0.00767. The van der Waals surface area contributed by atoms with Crippen LogP contribution in [0.1, 0.15) is 6.92 Å². The zero-order chi connectivity index (χ0) is 13.2. The Labute approximate surface area is 99.7 Å². The minimum Gasteiger partial charge on any atom is -0.395 e. The molecule has 1 heterocycles. The van der Waals surface area contributed by atoms with E-state index in [0.717, 1.165) is 0 Å². The third kappa shape index (κ3) is 2.93. The van der Waals surface area contributed by atoms with Crippen LogP contribution in [-0.2, 0) is 4.79 Å². The van der Waals surface area contributed by atoms with Crippen LogP contribution in [-0.4, -0.2) is 81.8 Å². The lowest BCUT2D eigenvalue weighted by atomic mass is 10.0. The lowest BCUT2D eigenvalue weighted by molar-refractivity contribution is -0.119. The number of aliphatic hydroxyl groups is 4. The zero-order valence-corrected chi connectivity index (χ0v) is 9.95. The molecule has 0 aromatic carbocycles. The van der Waals surface area contributed by atoms with E-state index in [0.29, 0.717) is 0 Å². The molecular weight excluding hydrogens is 228 g/mol. The van der Waals surface area contributed by atoms with Gasteiger partial charge >= 0.3 is 0 Å². The monoisotopic (exact) mass is 248 g/mol. The molecule has 1 aliphatic heterocycles. The summed E-state index contributed by atoms with van der Waals surface area (Å²) in [5.74, 6) is -0.279. The largest absolute Gasteiger partial charge is 0.395 e. The molecule has 1 aliphatic rings. The van der Waals surface area contributed by atoms with Crippen LogP contribution in [0.3, 0.4) is 0 Å². The van der Waals surface area contributed by atoms with Crippen molar-refractivity contribution in [2.24, 2.45) is 0 Å². The van der Waals surface area contributed by atoms with Gasteiger partial charge in [-0.3, -0.25) is 9.69 Å². The van der Waals surface area contributed by atoms with Crippen LogP contribution < -0.4 is 5.32 Å². The Kier molecular flexibility index (Phi) is 4.84. The molecule has 5 N–H and O–H groups in total. The van der Waals surface area contributed by atoms with Crippen molar-refractivity contribution in [3.05, 3.63) is 0 Å². The first-order chi connectivity index (χ1) is 7.90. The fourth-order valence-electron chi connectivity index (χ4n) is 2.24. The summed E-state index contributed by atoms with van der Waals surface area (Å²) in [7, 11) is 1.60. The Bertz CT molecular complexity index is 275. The van der Waals surface area contributed by atoms with Crippen LogP contribution in [0.4, 0.5) is 0 Å². The first kappa shape index (κ1) is 14.3. The molecule has 0 aliphatic carbocycles. The van der Waals surface area contributed by atoms with Gasteiger partial charge in [0.15, 0.2) is 0 Å². The van der Waals surface area contributed by atoms with E-state index in [1.54, 1.807) is 7.05 Å². The summed E-state index contributed by atoms with van der Waals surface area (Å²) in [5, 5.41) is 40.8. The van der Waals surface area contributed by atoms with Crippen LogP contribution >= 0.6 is 0 Å². The molecule has 7 nitrogen and oxygen atoms in total. The number of hydrogen-bond donors (Lipinski definition) is 5. The molecule has 7 heteroatoms. The number of carbonyl (C=O) groups excluding carboxylic acids is 1. The average molecular weight is 248 g/mol. The van der Waals surface area contributed by atoms with Crippen molar-refractivity contribution in [2.45, 2.75) is 37.3 Å². The Morgan fingerprint density at radius 1 is 1.41 bits per heavy atom. The number of likely N-dealkylation sites (N-methyl/N-ethyl adjacent to an activating group) is 1. The van der Waals surface area contributed by atoms with E-state index in [1.165, 1.54) is 11.8 Å². The van der Waals surface area contributed by atoms with Crippen molar-refractivity contribution in [2.75, 3.05) is 20.2 Å². The third-order valence-electron chi connectivity index (χ3n) is 3.23. The van der Waals surface area contributed by atoms with Gasteiger partial charge in [-0.25, -0.2) is 0 Å². The predicted molar refractivity (Wildman–Crippen MR) is 59.1 cm³/mol. The molecule has 0 aromatic rings. The first-order valence-electron chi connectivity index (χ1n) is 5.51. The maximum absolute atomic E-state index is 10.7. The topological polar surface area (TPSA) is 113 Å². The Hall–Kier alpha value is -0.730. The summed E-state index contributed by atoms with van der Waals surface area (Å²) in [4.78, 5) is 12.3. The molecule has 0 bridgehead atoms. The number of likely N-dealkylation sites (tertiary alicyclic amines) is 1. The Balaban J connectivity index is 2.66. The molecule has 5 atom stereocenters. The van der Waals surface area contributed by atoms with Crippen molar-refractivity contribution in [3.63, 3.8) is 0 Å². The second-order valence-corrected chi connectivity index (χ2v) is 4.39. The molecule has 0 aromatic heterocycles. The highest BCUT2D eigenvalue weighted by atomic mass is 16.3. The molecular formula is C10H20N2O5. The second kappa shape index (κ2) is 5.74. The highest BCUT2D eigenvalue weighted by Crippen LogP contribution is 2.25. The third-order valence-corrected chi connectivity index (χ3v) is 3.23. The second-order valence-electron chi connectivity index (χ2n) is 4.39. The van der Waals surface area contributed by atoms with E-state index in [2.05, 4.69) is 5.32 Å². The minimum atomic E-state index is -1.15. The number of amides is 1. The first-order valence-corrected chi connectivity index (χ1v) is 5.51. The van der Waals surface area contributed by atoms with Gasteiger partial charge in [-0.15, -0.1) is 0 Å². The van der Waals surface area contributed by atoms with Crippen molar-refractivity contribution in [1.82, 2.24) is 10.2 Å². The quantitative estimate of drug-likeness (QED) is 0.360. The van der Waals surface area contributed by atoms with E-state index in [9.17, 15) is 20.1 Å². The summed E-state index contributed by atoms with van der Waals surface area (Å²) in [6.45, 7) is 1.01. The maximum Gasteiger partial charge on any atom is 0.216 e. The average Bonchev–Trinajstić information content (AvgIpc) is 2.47. The SMILES string of the molecule is CC(=O)NC[C@@H](O)[C@@H]1[C@@H](O)[C@H](O)[C@@H](CO)N1C. The smallest absolute Gasteiger partial charge is 0.216 e. The molecule has 1 fully saturated rings. The van der Waals surface area contributed by atoms with Crippen molar-refractivity contribution < 1.29 is 25.2 Å². The summed E-state index contributed by atoms with van der Waals surface area (Å²) < 4.78 is 0. The highest BCUT2D eigenvalue weighted by molar-refractivity contribution is 5.72. The molecule has 1 rings (SSSR count). The van der Waals surface area contributed by atoms with Crippen molar-refractivity contribution in [3.8, 4) is 0 Å². The fraction of sp³-hybridized carbons (Fsp3) is 0.900. The van der Waals surface area contributed by atoms with Gasteiger partial charge in [-0.2, -0.15) is 0 Å². The van der Waals surface area contributed by atoms with Gasteiger partial charge in [0, 0.05) is 13.5 Å². The molecule has 1 amide bonds. The number of nitrogens with zero attached hydrogens (tertiary/aromatic N) is 1. The number of hydrogen-bond acceptors (Lipinski definition) is 6. The van der Waals surface area contributed by atoms with Crippen LogP contribution in [0.15, 0.2) is 0 Å². The van der Waals surface area contributed by atoms with Crippen molar-refractivity contribution >= 4 is 5.91 Å². The van der Waals surface area contributed by atoms with Gasteiger partial charge in [0.25, 0.3) is 0 Å². The van der Waals surface area contributed by atoms with Gasteiger partial charge in [-0.1, -0.05) is 0 Å². The van der Waals surface area contributed by atoms with E-state index in [4.69, 9.17) is 5.11 Å². The molecule has 17 heavy (non-hydrogen) atoms. The molecule has 0 unspecified atom stereocenters. The van der Waals surface area contributed by atoms with Gasteiger partial charge in [0.1, 0.15) is 0 Å². The predicted octanol–water partition coefficient (Wildman–Crippen LogP) is -3.12. The Morgan fingerprint density at radius 2 is 2.00 bits per heavy atom. The van der Waals surface area contributed by atoms with E-state index in [-0.39, 0.29) is 19.1 Å². The van der Waals surface area contributed by atoms with Crippen LogP contribution in [0.25, 0.3) is 0 Å². The summed E-state index contributed by atoms with van der Waals surface area (Å²) in [6, 6.07) is -1.32. The molecule has 1 saturated heterocycles. The number of carbonyl (C=O) groups is 1. The molecule has 0 saturated carbocycles. The standard InChI is InChI=1S/C10H20N2O5/c1-5(14)11-3-7(15)8-10(17)9(16)6(4-13)12(8)2/h6-10,13,15-17H,3-4H2,1-2H3,(H,11,14)/t6-,7-,8-,9-,10-/m1/s1. The van der Waals surface area contributed by atoms with Gasteiger partial charge in [0.05, 0.1) is 37.0 Å². The lowest BCUT2D eigenvalue weighted by Crippen LogP contribution is -2.49. The Morgan fingerprint density at radius 3 is 2.41 bits per heavy atom. The lowest BCUT2D eigenvalue weighted by Gasteiger charge is -2.29. The fourth-order valence-corrected chi connectivity index (χ4v) is 2.24. The van der Waals surface area contributed by atoms with Gasteiger partial charge in [0.2, 0.25) is 5.91 Å². The zero-order valence-electron chi connectivity index (χ0n) is 9.95. The number of aliphatic hydroxyl groups excluding tert-OH is 4. The van der Waals surface area contributed by atoms with Crippen LogP contribution in [0.2, 0.25) is 0 Å². The highest BCUT2D eigenvalue weighted by Gasteiger charge is 2.48. The molecule has 0 radical (unpaired) electrons. The van der Waals surface area contributed by atoms with E-state index < -0.39 is 30.4 Å². The summed E-state index contributed by atoms with van der Waals surface area (Å²) in [6.07, 6.45) is -3.27. The molecule has 100 valence electrons.